The Kier molecular flexibility index (Phi) is 6.24. The van der Waals surface area contributed by atoms with Gasteiger partial charge in [-0.1, -0.05) is 37.7 Å². The van der Waals surface area contributed by atoms with Crippen LogP contribution in [0.3, 0.4) is 0 Å². The largest absolute Gasteiger partial charge is 0.411 e. The van der Waals surface area contributed by atoms with Crippen molar-refractivity contribution in [3.8, 4) is 11.5 Å². The molecule has 0 aliphatic carbocycles. The fourth-order valence-corrected chi connectivity index (χ4v) is 3.00. The van der Waals surface area contributed by atoms with Gasteiger partial charge in [0.1, 0.15) is 5.82 Å². The number of aromatic nitrogens is 2. The van der Waals surface area contributed by atoms with E-state index in [1.54, 1.807) is 12.1 Å². The summed E-state index contributed by atoms with van der Waals surface area (Å²) in [6.45, 7) is 4.32. The molecule has 0 aliphatic heterocycles. The van der Waals surface area contributed by atoms with E-state index in [-0.39, 0.29) is 22.7 Å². The Morgan fingerprint density at radius 3 is 2.52 bits per heavy atom. The number of nitrogens with zero attached hydrogens (tertiary/aromatic N) is 2. The van der Waals surface area contributed by atoms with Crippen LogP contribution in [0.1, 0.15) is 31.7 Å². The molecule has 27 heavy (non-hydrogen) atoms. The van der Waals surface area contributed by atoms with E-state index in [1.165, 1.54) is 17.7 Å². The van der Waals surface area contributed by atoms with Crippen molar-refractivity contribution in [2.45, 2.75) is 31.4 Å². The Bertz CT molecular complexity index is 894. The highest BCUT2D eigenvalue weighted by Gasteiger charge is 2.12. The lowest BCUT2D eigenvalue weighted by atomic mass is 9.99. The molecule has 140 valence electrons. The Morgan fingerprint density at radius 2 is 1.85 bits per heavy atom. The van der Waals surface area contributed by atoms with Crippen LogP contribution in [0.4, 0.5) is 10.1 Å². The van der Waals surface area contributed by atoms with Gasteiger partial charge in [0.2, 0.25) is 11.8 Å². The molecule has 7 heteroatoms. The second kappa shape index (κ2) is 8.81. The van der Waals surface area contributed by atoms with Crippen molar-refractivity contribution in [1.82, 2.24) is 10.2 Å². The van der Waals surface area contributed by atoms with Crippen LogP contribution in [0.2, 0.25) is 0 Å². The van der Waals surface area contributed by atoms with Gasteiger partial charge in [-0.2, -0.15) is 0 Å². The normalized spacial score (nSPS) is 12.0. The summed E-state index contributed by atoms with van der Waals surface area (Å²) >= 11 is 1.15. The second-order valence-electron chi connectivity index (χ2n) is 6.15. The van der Waals surface area contributed by atoms with Crippen molar-refractivity contribution >= 4 is 23.4 Å². The number of halogens is 1. The lowest BCUT2D eigenvalue weighted by molar-refractivity contribution is -0.113. The Labute approximate surface area is 161 Å². The molecular formula is C20H20FN3O2S. The van der Waals surface area contributed by atoms with Crippen molar-refractivity contribution < 1.29 is 13.6 Å². The maximum Gasteiger partial charge on any atom is 0.277 e. The molecule has 2 aromatic carbocycles. The van der Waals surface area contributed by atoms with Gasteiger partial charge < -0.3 is 9.73 Å². The molecule has 0 spiro atoms. The van der Waals surface area contributed by atoms with Crippen molar-refractivity contribution in [2.24, 2.45) is 0 Å². The van der Waals surface area contributed by atoms with E-state index < -0.39 is 0 Å². The van der Waals surface area contributed by atoms with Crippen molar-refractivity contribution in [2.75, 3.05) is 11.1 Å². The first-order chi connectivity index (χ1) is 13.0. The Hall–Kier alpha value is -2.67. The maximum absolute atomic E-state index is 13.0. The molecule has 1 amide bonds. The van der Waals surface area contributed by atoms with E-state index in [2.05, 4.69) is 29.4 Å². The first kappa shape index (κ1) is 19.1. The van der Waals surface area contributed by atoms with Crippen molar-refractivity contribution in [3.05, 3.63) is 59.9 Å². The van der Waals surface area contributed by atoms with Gasteiger partial charge in [0, 0.05) is 11.3 Å². The number of amides is 1. The Balaban J connectivity index is 1.53. The van der Waals surface area contributed by atoms with Crippen LogP contribution in [-0.4, -0.2) is 21.9 Å². The van der Waals surface area contributed by atoms with E-state index in [4.69, 9.17) is 4.42 Å². The molecular weight excluding hydrogens is 365 g/mol. The van der Waals surface area contributed by atoms with Crippen molar-refractivity contribution in [1.29, 1.82) is 0 Å². The van der Waals surface area contributed by atoms with Gasteiger partial charge in [0.15, 0.2) is 0 Å². The predicted molar refractivity (Wildman–Crippen MR) is 104 cm³/mol. The van der Waals surface area contributed by atoms with Crippen LogP contribution < -0.4 is 5.32 Å². The van der Waals surface area contributed by atoms with Gasteiger partial charge in [-0.3, -0.25) is 4.79 Å². The minimum absolute atomic E-state index is 0.151. The number of hydrogen-bond donors (Lipinski definition) is 1. The van der Waals surface area contributed by atoms with Gasteiger partial charge in [0.25, 0.3) is 5.22 Å². The van der Waals surface area contributed by atoms with Crippen LogP contribution in [0.25, 0.3) is 11.5 Å². The average molecular weight is 385 g/mol. The average Bonchev–Trinajstić information content (AvgIpc) is 3.16. The van der Waals surface area contributed by atoms with E-state index >= 15 is 0 Å². The lowest BCUT2D eigenvalue weighted by Gasteiger charge is -2.10. The SMILES string of the molecule is CC[C@@H](C)c1ccc(NC(=O)CSc2nnc(-c3ccc(F)cc3)o2)cc1. The van der Waals surface area contributed by atoms with Crippen LogP contribution in [-0.2, 0) is 4.79 Å². The molecule has 3 aromatic rings. The number of benzene rings is 2. The van der Waals surface area contributed by atoms with E-state index in [1.807, 2.05) is 24.3 Å². The summed E-state index contributed by atoms with van der Waals surface area (Å²) in [7, 11) is 0. The van der Waals surface area contributed by atoms with Gasteiger partial charge in [0.05, 0.1) is 5.75 Å². The molecule has 1 heterocycles. The van der Waals surface area contributed by atoms with Crippen LogP contribution in [0.15, 0.2) is 58.2 Å². The molecule has 5 nitrogen and oxygen atoms in total. The molecule has 3 rings (SSSR count). The summed E-state index contributed by atoms with van der Waals surface area (Å²) in [6, 6.07) is 13.7. The van der Waals surface area contributed by atoms with E-state index in [9.17, 15) is 9.18 Å². The lowest BCUT2D eigenvalue weighted by Crippen LogP contribution is -2.14. The summed E-state index contributed by atoms with van der Waals surface area (Å²) in [5.41, 5.74) is 2.64. The molecule has 1 N–H and O–H groups in total. The smallest absolute Gasteiger partial charge is 0.277 e. The van der Waals surface area contributed by atoms with Crippen molar-refractivity contribution in [3.63, 3.8) is 0 Å². The number of hydrogen-bond acceptors (Lipinski definition) is 5. The standard InChI is InChI=1S/C20H20FN3O2S/c1-3-13(2)14-6-10-17(11-7-14)22-18(25)12-27-20-24-23-19(26-20)15-4-8-16(21)9-5-15/h4-11,13H,3,12H2,1-2H3,(H,22,25)/t13-/m1/s1. The second-order valence-corrected chi connectivity index (χ2v) is 7.07. The monoisotopic (exact) mass is 385 g/mol. The van der Waals surface area contributed by atoms with E-state index in [0.717, 1.165) is 23.9 Å². The van der Waals surface area contributed by atoms with Gasteiger partial charge in [-0.05, 0) is 54.3 Å². The predicted octanol–water partition coefficient (Wildman–Crippen LogP) is 5.12. The molecule has 0 fully saturated rings. The first-order valence-corrected chi connectivity index (χ1v) is 9.65. The third kappa shape index (κ3) is 5.17. The first-order valence-electron chi connectivity index (χ1n) is 8.67. The van der Waals surface area contributed by atoms with Gasteiger partial charge >= 0.3 is 0 Å². The summed E-state index contributed by atoms with van der Waals surface area (Å²) in [5.74, 6) is 0.453. The number of thioether (sulfide) groups is 1. The Morgan fingerprint density at radius 1 is 1.15 bits per heavy atom. The zero-order chi connectivity index (χ0) is 19.2. The van der Waals surface area contributed by atoms with E-state index in [0.29, 0.717) is 17.4 Å². The minimum Gasteiger partial charge on any atom is -0.411 e. The minimum atomic E-state index is -0.332. The molecule has 1 atom stereocenters. The zero-order valence-electron chi connectivity index (χ0n) is 15.1. The molecule has 0 aliphatic rings. The molecule has 0 bridgehead atoms. The van der Waals surface area contributed by atoms with Crippen LogP contribution in [0.5, 0.6) is 0 Å². The molecule has 0 saturated heterocycles. The van der Waals surface area contributed by atoms with Crippen LogP contribution >= 0.6 is 11.8 Å². The highest BCUT2D eigenvalue weighted by atomic mass is 32.2. The third-order valence-electron chi connectivity index (χ3n) is 4.20. The van der Waals surface area contributed by atoms with Gasteiger partial charge in [-0.15, -0.1) is 10.2 Å². The highest BCUT2D eigenvalue weighted by Crippen LogP contribution is 2.24. The quantitative estimate of drug-likeness (QED) is 0.572. The summed E-state index contributed by atoms with van der Waals surface area (Å²) in [5, 5.41) is 11.0. The number of rotatable bonds is 7. The fourth-order valence-electron chi connectivity index (χ4n) is 2.43. The molecule has 0 radical (unpaired) electrons. The maximum atomic E-state index is 13.0. The highest BCUT2D eigenvalue weighted by molar-refractivity contribution is 7.99. The summed E-state index contributed by atoms with van der Waals surface area (Å²) in [4.78, 5) is 12.1. The number of carbonyl (C=O) groups is 1. The summed E-state index contributed by atoms with van der Waals surface area (Å²) < 4.78 is 18.5. The summed E-state index contributed by atoms with van der Waals surface area (Å²) in [6.07, 6.45) is 1.08. The van der Waals surface area contributed by atoms with Crippen LogP contribution in [0, 0.1) is 5.82 Å². The molecule has 0 unspecified atom stereocenters. The molecule has 1 aromatic heterocycles. The number of nitrogens with one attached hydrogen (secondary N) is 1. The number of carbonyl (C=O) groups excluding carboxylic acids is 1. The molecule has 0 saturated carbocycles. The fraction of sp³-hybridized carbons (Fsp3) is 0.250. The number of anilines is 1. The topological polar surface area (TPSA) is 68.0 Å². The third-order valence-corrected chi connectivity index (χ3v) is 5.02. The zero-order valence-corrected chi connectivity index (χ0v) is 15.9. The van der Waals surface area contributed by atoms with Gasteiger partial charge in [-0.25, -0.2) is 4.39 Å².